The van der Waals surface area contributed by atoms with Crippen LogP contribution >= 0.6 is 0 Å². The van der Waals surface area contributed by atoms with E-state index in [-0.39, 0.29) is 0 Å². The first-order valence-electron chi connectivity index (χ1n) is 8.01. The molecule has 116 valence electrons. The zero-order chi connectivity index (χ0) is 16.2. The fourth-order valence-corrected chi connectivity index (χ4v) is 2.75. The third kappa shape index (κ3) is 3.26. The second-order valence-corrected chi connectivity index (χ2v) is 5.89. The predicted molar refractivity (Wildman–Crippen MR) is 101 cm³/mol. The van der Waals surface area contributed by atoms with Crippen LogP contribution in [0.1, 0.15) is 23.6 Å². The molecule has 0 atom stereocenters. The van der Waals surface area contributed by atoms with Gasteiger partial charge in [-0.15, -0.1) is 0 Å². The van der Waals surface area contributed by atoms with E-state index in [1.807, 2.05) is 12.3 Å². The molecule has 2 aromatic carbocycles. The van der Waals surface area contributed by atoms with Gasteiger partial charge in [0.1, 0.15) is 0 Å². The number of nitrogens with zero attached hydrogens (tertiary/aromatic N) is 2. The van der Waals surface area contributed by atoms with Crippen LogP contribution in [0.4, 0.5) is 5.69 Å². The smallest absolute Gasteiger partial charge is 0.0708 e. The van der Waals surface area contributed by atoms with E-state index in [0.29, 0.717) is 0 Å². The highest BCUT2D eigenvalue weighted by molar-refractivity contribution is 5.91. The summed E-state index contributed by atoms with van der Waals surface area (Å²) in [6.07, 6.45) is 7.38. The molecule has 0 spiro atoms. The molecular weight excluding hydrogens is 280 g/mol. The first-order valence-corrected chi connectivity index (χ1v) is 8.01. The van der Waals surface area contributed by atoms with Gasteiger partial charge in [-0.1, -0.05) is 49.4 Å². The maximum atomic E-state index is 4.56. The molecule has 0 aliphatic rings. The Hall–Kier alpha value is -2.61. The molecule has 0 amide bonds. The summed E-state index contributed by atoms with van der Waals surface area (Å²) in [6.45, 7) is 2.18. The molecule has 23 heavy (non-hydrogen) atoms. The Morgan fingerprint density at radius 1 is 0.957 bits per heavy atom. The standard InChI is InChI=1S/C21H22N2/c1-4-17-15-22-21-8-6-5-7-20(21)19(17)14-11-16-9-12-18(13-10-16)23(2)3/h5-15H,4H2,1-3H3/b14-11+. The van der Waals surface area contributed by atoms with Crippen LogP contribution in [0.15, 0.2) is 54.7 Å². The molecular formula is C21H22N2. The van der Waals surface area contributed by atoms with E-state index in [4.69, 9.17) is 0 Å². The lowest BCUT2D eigenvalue weighted by Crippen LogP contribution is -2.07. The highest BCUT2D eigenvalue weighted by Gasteiger charge is 2.04. The van der Waals surface area contributed by atoms with E-state index in [2.05, 4.69) is 85.5 Å². The normalized spacial score (nSPS) is 11.3. The average Bonchev–Trinajstić information content (AvgIpc) is 2.59. The zero-order valence-corrected chi connectivity index (χ0v) is 14.0. The number of fused-ring (bicyclic) bond motifs is 1. The van der Waals surface area contributed by atoms with Gasteiger partial charge in [0.15, 0.2) is 0 Å². The third-order valence-electron chi connectivity index (χ3n) is 4.13. The molecule has 0 fully saturated rings. The number of benzene rings is 2. The van der Waals surface area contributed by atoms with Crippen LogP contribution in [0, 0.1) is 0 Å². The number of hydrogen-bond donors (Lipinski definition) is 0. The van der Waals surface area contributed by atoms with Gasteiger partial charge in [0.25, 0.3) is 0 Å². The van der Waals surface area contributed by atoms with Gasteiger partial charge in [0, 0.05) is 31.4 Å². The molecule has 0 unspecified atom stereocenters. The van der Waals surface area contributed by atoms with Crippen LogP contribution in [0.3, 0.4) is 0 Å². The van der Waals surface area contributed by atoms with Crippen molar-refractivity contribution in [2.24, 2.45) is 0 Å². The Balaban J connectivity index is 1.99. The number of anilines is 1. The van der Waals surface area contributed by atoms with E-state index in [9.17, 15) is 0 Å². The molecule has 2 nitrogen and oxygen atoms in total. The van der Waals surface area contributed by atoms with Crippen LogP contribution in [-0.2, 0) is 6.42 Å². The van der Waals surface area contributed by atoms with Crippen LogP contribution in [0.5, 0.6) is 0 Å². The van der Waals surface area contributed by atoms with Gasteiger partial charge in [0.05, 0.1) is 5.52 Å². The minimum Gasteiger partial charge on any atom is -0.378 e. The third-order valence-corrected chi connectivity index (χ3v) is 4.13. The van der Waals surface area contributed by atoms with Gasteiger partial charge in [0.2, 0.25) is 0 Å². The number of aromatic nitrogens is 1. The first kappa shape index (κ1) is 15.3. The summed E-state index contributed by atoms with van der Waals surface area (Å²) in [5.74, 6) is 0. The van der Waals surface area contributed by atoms with Gasteiger partial charge < -0.3 is 4.90 Å². The molecule has 0 saturated heterocycles. The summed E-state index contributed by atoms with van der Waals surface area (Å²) in [6, 6.07) is 16.9. The molecule has 0 aliphatic heterocycles. The van der Waals surface area contributed by atoms with Crippen LogP contribution in [-0.4, -0.2) is 19.1 Å². The Labute approximate surface area is 138 Å². The predicted octanol–water partition coefficient (Wildman–Crippen LogP) is 5.03. The van der Waals surface area contributed by atoms with E-state index < -0.39 is 0 Å². The monoisotopic (exact) mass is 302 g/mol. The lowest BCUT2D eigenvalue weighted by Gasteiger charge is -2.12. The maximum absolute atomic E-state index is 4.56. The van der Waals surface area contributed by atoms with E-state index >= 15 is 0 Å². The summed E-state index contributed by atoms with van der Waals surface area (Å²) in [5, 5.41) is 1.22. The minimum atomic E-state index is 0.983. The zero-order valence-electron chi connectivity index (χ0n) is 14.0. The molecule has 0 aliphatic carbocycles. The second-order valence-electron chi connectivity index (χ2n) is 5.89. The van der Waals surface area contributed by atoms with Gasteiger partial charge >= 0.3 is 0 Å². The summed E-state index contributed by atoms with van der Waals surface area (Å²) < 4.78 is 0. The van der Waals surface area contributed by atoms with Crippen molar-refractivity contribution in [3.63, 3.8) is 0 Å². The fraction of sp³-hybridized carbons (Fsp3) is 0.190. The van der Waals surface area contributed by atoms with Crippen molar-refractivity contribution in [3.05, 3.63) is 71.4 Å². The number of hydrogen-bond acceptors (Lipinski definition) is 2. The highest BCUT2D eigenvalue weighted by atomic mass is 15.1. The van der Waals surface area contributed by atoms with Crippen molar-refractivity contribution in [2.75, 3.05) is 19.0 Å². The Kier molecular flexibility index (Phi) is 4.42. The largest absolute Gasteiger partial charge is 0.378 e. The van der Waals surface area contributed by atoms with E-state index in [1.165, 1.54) is 27.8 Å². The molecule has 2 heteroatoms. The van der Waals surface area contributed by atoms with E-state index in [1.54, 1.807) is 0 Å². The van der Waals surface area contributed by atoms with Crippen molar-refractivity contribution < 1.29 is 0 Å². The Bertz CT molecular complexity index is 830. The molecule has 0 saturated carbocycles. The second kappa shape index (κ2) is 6.66. The summed E-state index contributed by atoms with van der Waals surface area (Å²) in [5.41, 5.74) is 6.02. The van der Waals surface area contributed by atoms with Gasteiger partial charge in [-0.05, 0) is 41.3 Å². The van der Waals surface area contributed by atoms with Gasteiger partial charge in [-0.25, -0.2) is 0 Å². The summed E-state index contributed by atoms with van der Waals surface area (Å²) in [4.78, 5) is 6.67. The number of para-hydroxylation sites is 1. The summed E-state index contributed by atoms with van der Waals surface area (Å²) in [7, 11) is 4.11. The molecule has 3 rings (SSSR count). The van der Waals surface area contributed by atoms with Crippen molar-refractivity contribution in [1.82, 2.24) is 4.98 Å². The number of pyridine rings is 1. The molecule has 0 bridgehead atoms. The lowest BCUT2D eigenvalue weighted by atomic mass is 10.0. The highest BCUT2D eigenvalue weighted by Crippen LogP contribution is 2.23. The average molecular weight is 302 g/mol. The quantitative estimate of drug-likeness (QED) is 0.671. The molecule has 0 N–H and O–H groups in total. The molecule has 1 heterocycles. The summed E-state index contributed by atoms with van der Waals surface area (Å²) >= 11 is 0. The van der Waals surface area contributed by atoms with Crippen molar-refractivity contribution >= 4 is 28.7 Å². The maximum Gasteiger partial charge on any atom is 0.0708 e. The van der Waals surface area contributed by atoms with E-state index in [0.717, 1.165) is 11.9 Å². The molecule has 3 aromatic rings. The van der Waals surface area contributed by atoms with Crippen LogP contribution in [0.2, 0.25) is 0 Å². The molecule has 1 aromatic heterocycles. The van der Waals surface area contributed by atoms with Crippen molar-refractivity contribution in [3.8, 4) is 0 Å². The number of aryl methyl sites for hydroxylation is 1. The van der Waals surface area contributed by atoms with Gasteiger partial charge in [-0.2, -0.15) is 0 Å². The fourth-order valence-electron chi connectivity index (χ4n) is 2.75. The minimum absolute atomic E-state index is 0.983. The SMILES string of the molecule is CCc1cnc2ccccc2c1/C=C/c1ccc(N(C)C)cc1. The Morgan fingerprint density at radius 2 is 1.70 bits per heavy atom. The Morgan fingerprint density at radius 3 is 2.39 bits per heavy atom. The number of rotatable bonds is 4. The lowest BCUT2D eigenvalue weighted by molar-refractivity contribution is 1.11. The topological polar surface area (TPSA) is 16.1 Å². The van der Waals surface area contributed by atoms with Crippen LogP contribution in [0.25, 0.3) is 23.1 Å². The van der Waals surface area contributed by atoms with Crippen LogP contribution < -0.4 is 4.90 Å². The first-order chi connectivity index (χ1) is 11.2. The van der Waals surface area contributed by atoms with Crippen molar-refractivity contribution in [2.45, 2.75) is 13.3 Å². The molecule has 0 radical (unpaired) electrons. The van der Waals surface area contributed by atoms with Gasteiger partial charge in [-0.3, -0.25) is 4.98 Å². The van der Waals surface area contributed by atoms with Crippen molar-refractivity contribution in [1.29, 1.82) is 0 Å².